The fourth-order valence-electron chi connectivity index (χ4n) is 4.27. The number of benzene rings is 2. The van der Waals surface area contributed by atoms with Gasteiger partial charge in [0.15, 0.2) is 0 Å². The van der Waals surface area contributed by atoms with Crippen molar-refractivity contribution in [1.29, 1.82) is 0 Å². The summed E-state index contributed by atoms with van der Waals surface area (Å²) in [5.41, 5.74) is 0.894. The molecule has 0 aromatic heterocycles. The molecule has 0 bridgehead atoms. The number of rotatable bonds is 7. The number of carbonyl (C=O) groups is 2. The van der Waals surface area contributed by atoms with E-state index in [9.17, 15) is 9.59 Å². The van der Waals surface area contributed by atoms with E-state index >= 15 is 0 Å². The third kappa shape index (κ3) is 4.95. The van der Waals surface area contributed by atoms with Crippen molar-refractivity contribution in [3.05, 3.63) is 60.2 Å². The molecule has 0 amide bonds. The van der Waals surface area contributed by atoms with Gasteiger partial charge in [-0.2, -0.15) is 0 Å². The van der Waals surface area contributed by atoms with Gasteiger partial charge < -0.3 is 20.7 Å². The minimum atomic E-state index is -0.662. The van der Waals surface area contributed by atoms with Crippen LogP contribution in [0.2, 0.25) is 0 Å². The maximum Gasteiger partial charge on any atom is 0.308 e. The highest BCUT2D eigenvalue weighted by Crippen LogP contribution is 2.69. The first-order chi connectivity index (χ1) is 14.0. The van der Waals surface area contributed by atoms with Gasteiger partial charge >= 0.3 is 5.97 Å². The van der Waals surface area contributed by atoms with E-state index in [4.69, 9.17) is 15.0 Å². The molecule has 4 rings (SSSR count). The Balaban J connectivity index is 0.000000218. The summed E-state index contributed by atoms with van der Waals surface area (Å²) in [6.45, 7) is 2.81. The first kappa shape index (κ1) is 23.7. The Kier molecular flexibility index (Phi) is 8.28. The highest BCUT2D eigenvalue weighted by Gasteiger charge is 2.73. The highest BCUT2D eigenvalue weighted by molar-refractivity contribution is 7.98. The topological polar surface area (TPSA) is 134 Å². The lowest BCUT2D eigenvalue weighted by Gasteiger charge is -2.17. The molecule has 2 saturated carbocycles. The standard InChI is InChI=1S/C14H12O3.C8H13NO2S.H3N/c15-11-16-10-12-5-4-8-14(9-12)17-13-6-2-1-3-7-13;1-4-2-3-5-6(7(10)11)8(4,5)12-9;/h1-9,11H,10H2;4-6H,2-3,9H2,1H3,(H,10,11);1H3. The molecule has 0 radical (unpaired) electrons. The second kappa shape index (κ2) is 10.5. The lowest BCUT2D eigenvalue weighted by molar-refractivity contribution is -0.139. The van der Waals surface area contributed by atoms with E-state index in [-0.39, 0.29) is 23.4 Å². The fourth-order valence-corrected chi connectivity index (χ4v) is 5.39. The van der Waals surface area contributed by atoms with Crippen LogP contribution in [0, 0.1) is 17.8 Å². The second-order valence-corrected chi connectivity index (χ2v) is 8.28. The van der Waals surface area contributed by atoms with Gasteiger partial charge in [0.25, 0.3) is 6.47 Å². The number of nitrogens with two attached hydrogens (primary N) is 1. The summed E-state index contributed by atoms with van der Waals surface area (Å²) >= 11 is 1.27. The van der Waals surface area contributed by atoms with E-state index in [1.807, 2.05) is 54.6 Å². The molecule has 4 unspecified atom stereocenters. The fraction of sp³-hybridized carbons (Fsp3) is 0.364. The minimum Gasteiger partial charge on any atom is -0.481 e. The normalized spacial score (nSPS) is 25.6. The van der Waals surface area contributed by atoms with E-state index in [0.29, 0.717) is 18.3 Å². The Hall–Kier alpha value is -2.55. The van der Waals surface area contributed by atoms with Gasteiger partial charge in [0.1, 0.15) is 18.1 Å². The average Bonchev–Trinajstić information content (AvgIpc) is 3.31. The van der Waals surface area contributed by atoms with Crippen LogP contribution in [0.25, 0.3) is 0 Å². The number of aliphatic carboxylic acids is 1. The molecule has 30 heavy (non-hydrogen) atoms. The van der Waals surface area contributed by atoms with Crippen molar-refractivity contribution in [2.24, 2.45) is 22.9 Å². The van der Waals surface area contributed by atoms with E-state index in [1.54, 1.807) is 0 Å². The molecule has 4 atom stereocenters. The van der Waals surface area contributed by atoms with Crippen molar-refractivity contribution < 1.29 is 24.2 Å². The van der Waals surface area contributed by atoms with Gasteiger partial charge in [-0.3, -0.25) is 14.7 Å². The summed E-state index contributed by atoms with van der Waals surface area (Å²) in [4.78, 5) is 20.9. The molecule has 0 spiro atoms. The number of ether oxygens (including phenoxy) is 2. The molecule has 162 valence electrons. The van der Waals surface area contributed by atoms with Gasteiger partial charge in [0.2, 0.25) is 0 Å². The molecule has 2 aliphatic carbocycles. The molecule has 2 aromatic carbocycles. The van der Waals surface area contributed by atoms with Crippen LogP contribution in [0.15, 0.2) is 54.6 Å². The van der Waals surface area contributed by atoms with E-state index < -0.39 is 5.97 Å². The van der Waals surface area contributed by atoms with Crippen LogP contribution < -0.4 is 16.0 Å². The maximum atomic E-state index is 10.8. The summed E-state index contributed by atoms with van der Waals surface area (Å²) in [5, 5.41) is 14.5. The molecule has 0 heterocycles. The Morgan fingerprint density at radius 2 is 1.90 bits per heavy atom. The van der Waals surface area contributed by atoms with Crippen LogP contribution in [0.3, 0.4) is 0 Å². The summed E-state index contributed by atoms with van der Waals surface area (Å²) in [7, 11) is 0. The number of hydrogen-bond acceptors (Lipinski definition) is 7. The molecule has 0 saturated heterocycles. The van der Waals surface area contributed by atoms with Crippen LogP contribution in [0.4, 0.5) is 0 Å². The Morgan fingerprint density at radius 3 is 2.47 bits per heavy atom. The summed E-state index contributed by atoms with van der Waals surface area (Å²) in [5.74, 6) is 1.49. The summed E-state index contributed by atoms with van der Waals surface area (Å²) in [6, 6.07) is 17.0. The molecule has 0 aliphatic heterocycles. The molecular weight excluding hydrogens is 404 g/mol. The minimum absolute atomic E-state index is 0. The highest BCUT2D eigenvalue weighted by atomic mass is 32.2. The number of carboxylic acids is 1. The lowest BCUT2D eigenvalue weighted by atomic mass is 10.0. The largest absolute Gasteiger partial charge is 0.481 e. The van der Waals surface area contributed by atoms with Gasteiger partial charge in [-0.25, -0.2) is 0 Å². The van der Waals surface area contributed by atoms with Crippen molar-refractivity contribution in [1.82, 2.24) is 6.15 Å². The van der Waals surface area contributed by atoms with Gasteiger partial charge in [0, 0.05) is 0 Å². The van der Waals surface area contributed by atoms with Crippen molar-refractivity contribution in [2.45, 2.75) is 31.1 Å². The van der Waals surface area contributed by atoms with E-state index in [0.717, 1.165) is 29.9 Å². The third-order valence-corrected chi connectivity index (χ3v) is 7.07. The van der Waals surface area contributed by atoms with Gasteiger partial charge in [-0.1, -0.05) is 49.2 Å². The van der Waals surface area contributed by atoms with Crippen molar-refractivity contribution in [3.8, 4) is 11.5 Å². The van der Waals surface area contributed by atoms with Crippen LogP contribution in [-0.2, 0) is 20.9 Å². The Labute approximate surface area is 180 Å². The van der Waals surface area contributed by atoms with Crippen molar-refractivity contribution in [3.63, 3.8) is 0 Å². The quantitative estimate of drug-likeness (QED) is 0.433. The van der Waals surface area contributed by atoms with Gasteiger partial charge in [-0.05, 0) is 54.5 Å². The predicted molar refractivity (Wildman–Crippen MR) is 116 cm³/mol. The zero-order chi connectivity index (χ0) is 20.9. The van der Waals surface area contributed by atoms with Crippen LogP contribution in [-0.4, -0.2) is 22.3 Å². The zero-order valence-corrected chi connectivity index (χ0v) is 17.7. The van der Waals surface area contributed by atoms with Crippen molar-refractivity contribution in [2.75, 3.05) is 0 Å². The molecule has 2 aromatic rings. The van der Waals surface area contributed by atoms with E-state index in [2.05, 4.69) is 11.7 Å². The molecule has 2 aliphatic rings. The van der Waals surface area contributed by atoms with Crippen LogP contribution in [0.5, 0.6) is 11.5 Å². The lowest BCUT2D eigenvalue weighted by Crippen LogP contribution is -2.22. The summed E-state index contributed by atoms with van der Waals surface area (Å²) in [6.07, 6.45) is 2.18. The number of para-hydroxylation sites is 1. The molecule has 2 fully saturated rings. The Bertz CT molecular complexity index is 850. The maximum absolute atomic E-state index is 10.8. The smallest absolute Gasteiger partial charge is 0.308 e. The van der Waals surface area contributed by atoms with Gasteiger partial charge in [-0.15, -0.1) is 0 Å². The number of carboxylic acid groups (broad SMARTS) is 1. The zero-order valence-electron chi connectivity index (χ0n) is 16.9. The first-order valence-electron chi connectivity index (χ1n) is 9.50. The average molecular weight is 433 g/mol. The Morgan fingerprint density at radius 1 is 1.20 bits per heavy atom. The molecule has 8 heteroatoms. The molecular formula is C22H28N2O5S. The van der Waals surface area contributed by atoms with E-state index in [1.165, 1.54) is 11.9 Å². The number of carbonyl (C=O) groups excluding carboxylic acids is 1. The SMILES string of the molecule is CC1CCC2C(C(=O)O)C12SN.N.O=COCc1cccc(Oc2ccccc2)c1. The van der Waals surface area contributed by atoms with Crippen LogP contribution in [0.1, 0.15) is 25.3 Å². The summed E-state index contributed by atoms with van der Waals surface area (Å²) < 4.78 is 10.2. The van der Waals surface area contributed by atoms with Crippen LogP contribution >= 0.6 is 11.9 Å². The monoisotopic (exact) mass is 432 g/mol. The second-order valence-electron chi connectivity index (χ2n) is 7.34. The first-order valence-corrected chi connectivity index (χ1v) is 10.4. The van der Waals surface area contributed by atoms with Gasteiger partial charge in [0.05, 0.1) is 10.7 Å². The predicted octanol–water partition coefficient (Wildman–Crippen LogP) is 4.41. The molecule has 6 N–H and O–H groups in total. The van der Waals surface area contributed by atoms with Crippen molar-refractivity contribution >= 4 is 24.4 Å². The molecule has 7 nitrogen and oxygen atoms in total. The number of fused-ring (bicyclic) bond motifs is 1. The number of hydrogen-bond donors (Lipinski definition) is 3. The third-order valence-electron chi connectivity index (χ3n) is 5.71.